The Morgan fingerprint density at radius 3 is 2.43 bits per heavy atom. The molecule has 0 spiro atoms. The molecule has 6 nitrogen and oxygen atoms in total. The van der Waals surface area contributed by atoms with E-state index in [0.29, 0.717) is 16.9 Å². The highest BCUT2D eigenvalue weighted by atomic mass is 16.5. The van der Waals surface area contributed by atoms with Crippen LogP contribution in [0.4, 0.5) is 0 Å². The SMILES string of the molecule is CC(=O)c1ccc(-c2ccc(C(=O)OCC(=O)c3c(C)[nH]c4ccccc34)o2)cc1. The second-order valence-corrected chi connectivity index (χ2v) is 6.97. The number of aryl methyl sites for hydroxylation is 1. The monoisotopic (exact) mass is 401 g/mol. The smallest absolute Gasteiger partial charge is 0.374 e. The van der Waals surface area contributed by atoms with Crippen LogP contribution in [0.25, 0.3) is 22.2 Å². The van der Waals surface area contributed by atoms with Crippen LogP contribution in [0.1, 0.15) is 43.9 Å². The Morgan fingerprint density at radius 1 is 0.967 bits per heavy atom. The maximum Gasteiger partial charge on any atom is 0.374 e. The summed E-state index contributed by atoms with van der Waals surface area (Å²) in [5.74, 6) is -0.558. The third-order valence-corrected chi connectivity index (χ3v) is 4.89. The van der Waals surface area contributed by atoms with Crippen LogP contribution in [-0.2, 0) is 4.74 Å². The van der Waals surface area contributed by atoms with Gasteiger partial charge in [-0.2, -0.15) is 0 Å². The average molecular weight is 401 g/mol. The van der Waals surface area contributed by atoms with Gasteiger partial charge in [0.2, 0.25) is 11.5 Å². The number of benzene rings is 2. The summed E-state index contributed by atoms with van der Waals surface area (Å²) < 4.78 is 10.7. The van der Waals surface area contributed by atoms with Gasteiger partial charge in [-0.05, 0) is 32.0 Å². The number of para-hydroxylation sites is 1. The topological polar surface area (TPSA) is 89.4 Å². The largest absolute Gasteiger partial charge is 0.451 e. The fourth-order valence-electron chi connectivity index (χ4n) is 3.38. The van der Waals surface area contributed by atoms with Crippen LogP contribution < -0.4 is 0 Å². The molecule has 0 saturated carbocycles. The summed E-state index contributed by atoms with van der Waals surface area (Å²) in [7, 11) is 0. The van der Waals surface area contributed by atoms with Gasteiger partial charge in [0.25, 0.3) is 0 Å². The van der Waals surface area contributed by atoms with Crippen LogP contribution in [0.2, 0.25) is 0 Å². The zero-order valence-corrected chi connectivity index (χ0v) is 16.5. The van der Waals surface area contributed by atoms with Crippen molar-refractivity contribution in [2.75, 3.05) is 6.61 Å². The first kappa shape index (κ1) is 19.4. The number of hydrogen-bond acceptors (Lipinski definition) is 5. The number of fused-ring (bicyclic) bond motifs is 1. The first-order valence-electron chi connectivity index (χ1n) is 9.43. The van der Waals surface area contributed by atoms with Crippen molar-refractivity contribution in [2.24, 2.45) is 0 Å². The van der Waals surface area contributed by atoms with E-state index in [-0.39, 0.29) is 23.9 Å². The molecule has 2 aromatic carbocycles. The van der Waals surface area contributed by atoms with Crippen molar-refractivity contribution in [3.63, 3.8) is 0 Å². The van der Waals surface area contributed by atoms with Crippen molar-refractivity contribution in [2.45, 2.75) is 13.8 Å². The molecule has 0 aliphatic rings. The number of furan rings is 1. The number of ether oxygens (including phenoxy) is 1. The molecule has 2 aromatic heterocycles. The lowest BCUT2D eigenvalue weighted by molar-refractivity contribution is 0.0445. The number of aromatic amines is 1. The van der Waals surface area contributed by atoms with Gasteiger partial charge in [-0.25, -0.2) is 4.79 Å². The summed E-state index contributed by atoms with van der Waals surface area (Å²) in [5, 5.41) is 0.797. The van der Waals surface area contributed by atoms with E-state index in [4.69, 9.17) is 9.15 Å². The van der Waals surface area contributed by atoms with Crippen LogP contribution in [0, 0.1) is 6.92 Å². The quantitative estimate of drug-likeness (QED) is 0.364. The predicted molar refractivity (Wildman–Crippen MR) is 112 cm³/mol. The summed E-state index contributed by atoms with van der Waals surface area (Å²) in [6, 6.07) is 17.5. The Morgan fingerprint density at radius 2 is 1.70 bits per heavy atom. The highest BCUT2D eigenvalue weighted by Crippen LogP contribution is 2.24. The number of carbonyl (C=O) groups excluding carboxylic acids is 3. The van der Waals surface area contributed by atoms with E-state index in [0.717, 1.165) is 22.2 Å². The van der Waals surface area contributed by atoms with E-state index in [1.165, 1.54) is 13.0 Å². The number of Topliss-reactive ketones (excluding diaryl/α,β-unsaturated/α-hetero) is 2. The highest BCUT2D eigenvalue weighted by Gasteiger charge is 2.20. The van der Waals surface area contributed by atoms with Crippen LogP contribution in [0.5, 0.6) is 0 Å². The van der Waals surface area contributed by atoms with E-state index in [2.05, 4.69) is 4.98 Å². The van der Waals surface area contributed by atoms with Crippen molar-refractivity contribution < 1.29 is 23.5 Å². The minimum absolute atomic E-state index is 0.00379. The van der Waals surface area contributed by atoms with Crippen molar-refractivity contribution in [3.8, 4) is 11.3 Å². The lowest BCUT2D eigenvalue weighted by Gasteiger charge is -2.03. The fraction of sp³-hybridized carbons (Fsp3) is 0.125. The lowest BCUT2D eigenvalue weighted by atomic mass is 10.1. The second kappa shape index (κ2) is 7.83. The Hall–Kier alpha value is -3.93. The van der Waals surface area contributed by atoms with Gasteiger partial charge in [0.15, 0.2) is 12.4 Å². The maximum atomic E-state index is 12.6. The number of ketones is 2. The number of esters is 1. The molecular formula is C24H19NO5. The molecule has 2 heterocycles. The second-order valence-electron chi connectivity index (χ2n) is 6.97. The molecule has 1 N–H and O–H groups in total. The van der Waals surface area contributed by atoms with Gasteiger partial charge in [0, 0.05) is 33.3 Å². The van der Waals surface area contributed by atoms with Crippen molar-refractivity contribution >= 4 is 28.4 Å². The summed E-state index contributed by atoms with van der Waals surface area (Å²) in [5.41, 5.74) is 3.42. The Kier molecular flexibility index (Phi) is 5.06. The molecular weight excluding hydrogens is 382 g/mol. The standard InChI is InChI=1S/C24H19NO5/c1-14-23(18-5-3-4-6-19(18)25-14)20(27)13-29-24(28)22-12-11-21(30-22)17-9-7-16(8-10-17)15(2)26/h3-12,25H,13H2,1-2H3. The van der Waals surface area contributed by atoms with Gasteiger partial charge >= 0.3 is 5.97 Å². The summed E-state index contributed by atoms with van der Waals surface area (Å²) in [4.78, 5) is 39.5. The first-order valence-corrected chi connectivity index (χ1v) is 9.43. The summed E-state index contributed by atoms with van der Waals surface area (Å²) >= 11 is 0. The predicted octanol–water partition coefficient (Wildman–Crippen LogP) is 4.98. The van der Waals surface area contributed by atoms with Crippen LogP contribution in [-0.4, -0.2) is 29.1 Å². The number of carbonyl (C=O) groups is 3. The zero-order chi connectivity index (χ0) is 21.3. The first-order chi connectivity index (χ1) is 14.4. The van der Waals surface area contributed by atoms with Crippen molar-refractivity contribution in [3.05, 3.63) is 83.2 Å². The van der Waals surface area contributed by atoms with Crippen LogP contribution in [0.15, 0.2) is 65.1 Å². The molecule has 0 unspecified atom stereocenters. The molecule has 0 fully saturated rings. The van der Waals surface area contributed by atoms with Gasteiger partial charge in [-0.1, -0.05) is 42.5 Å². The van der Waals surface area contributed by atoms with Crippen LogP contribution in [0.3, 0.4) is 0 Å². The molecule has 0 saturated heterocycles. The molecule has 150 valence electrons. The van der Waals surface area contributed by atoms with E-state index in [1.54, 1.807) is 30.3 Å². The van der Waals surface area contributed by atoms with Crippen molar-refractivity contribution in [1.82, 2.24) is 4.98 Å². The van der Waals surface area contributed by atoms with E-state index in [1.807, 2.05) is 31.2 Å². The normalized spacial score (nSPS) is 10.9. The molecule has 6 heteroatoms. The number of rotatable bonds is 6. The molecule has 0 atom stereocenters. The fourth-order valence-corrected chi connectivity index (χ4v) is 3.38. The maximum absolute atomic E-state index is 12.6. The minimum Gasteiger partial charge on any atom is -0.451 e. The molecule has 4 rings (SSSR count). The van der Waals surface area contributed by atoms with Gasteiger partial charge < -0.3 is 14.1 Å². The number of H-pyrrole nitrogens is 1. The Bertz CT molecular complexity index is 1260. The Balaban J connectivity index is 1.45. The molecule has 0 aliphatic carbocycles. The van der Waals surface area contributed by atoms with Gasteiger partial charge in [0.1, 0.15) is 5.76 Å². The lowest BCUT2D eigenvalue weighted by Crippen LogP contribution is -2.14. The van der Waals surface area contributed by atoms with Crippen LogP contribution >= 0.6 is 0 Å². The van der Waals surface area contributed by atoms with Gasteiger partial charge in [0.05, 0.1) is 0 Å². The summed E-state index contributed by atoms with van der Waals surface area (Å²) in [6.07, 6.45) is 0. The number of nitrogens with one attached hydrogen (secondary N) is 1. The average Bonchev–Trinajstić information content (AvgIpc) is 3.36. The van der Waals surface area contributed by atoms with E-state index in [9.17, 15) is 14.4 Å². The zero-order valence-electron chi connectivity index (χ0n) is 16.5. The van der Waals surface area contributed by atoms with Crippen molar-refractivity contribution in [1.29, 1.82) is 0 Å². The number of aromatic nitrogens is 1. The molecule has 30 heavy (non-hydrogen) atoms. The molecule has 4 aromatic rings. The van der Waals surface area contributed by atoms with E-state index < -0.39 is 5.97 Å². The van der Waals surface area contributed by atoms with Gasteiger partial charge in [-0.15, -0.1) is 0 Å². The molecule has 0 radical (unpaired) electrons. The van der Waals surface area contributed by atoms with E-state index >= 15 is 0 Å². The third-order valence-electron chi connectivity index (χ3n) is 4.89. The molecule has 0 aliphatic heterocycles. The third kappa shape index (κ3) is 3.67. The number of hydrogen-bond donors (Lipinski definition) is 1. The Labute approximate surface area is 172 Å². The molecule has 0 amide bonds. The summed E-state index contributed by atoms with van der Waals surface area (Å²) in [6.45, 7) is 2.92. The van der Waals surface area contributed by atoms with Gasteiger partial charge in [-0.3, -0.25) is 9.59 Å². The highest BCUT2D eigenvalue weighted by molar-refractivity contribution is 6.10. The molecule has 0 bridgehead atoms. The minimum atomic E-state index is -0.715.